The van der Waals surface area contributed by atoms with Gasteiger partial charge in [0, 0.05) is 35.6 Å². The molecule has 0 saturated carbocycles. The van der Waals surface area contributed by atoms with Crippen molar-refractivity contribution in [1.29, 1.82) is 0 Å². The topological polar surface area (TPSA) is 116 Å². The summed E-state index contributed by atoms with van der Waals surface area (Å²) in [5, 5.41) is 20.8. The normalized spacial score (nSPS) is 19.3. The molecule has 2 aliphatic rings. The quantitative estimate of drug-likeness (QED) is 0.465. The Balaban J connectivity index is 0.000000317. The van der Waals surface area contributed by atoms with Crippen molar-refractivity contribution in [3.05, 3.63) is 32.7 Å². The first kappa shape index (κ1) is 32.9. The maximum atomic E-state index is 10.6. The van der Waals surface area contributed by atoms with Gasteiger partial charge < -0.3 is 14.9 Å². The van der Waals surface area contributed by atoms with Gasteiger partial charge in [0.05, 0.1) is 30.5 Å². The smallest absolute Gasteiger partial charge is 0.475 e. The Hall–Kier alpha value is -2.34. The number of thiazole rings is 2. The molecule has 2 N–H and O–H groups in total. The van der Waals surface area contributed by atoms with Crippen LogP contribution in [0.25, 0.3) is 0 Å². The van der Waals surface area contributed by atoms with Gasteiger partial charge in [0.1, 0.15) is 5.01 Å². The Labute approximate surface area is 228 Å². The van der Waals surface area contributed by atoms with E-state index in [1.165, 1.54) is 24.4 Å². The van der Waals surface area contributed by atoms with E-state index in [1.807, 2.05) is 13.1 Å². The molecule has 2 aromatic rings. The molecular weight excluding hydrogens is 578 g/mol. The van der Waals surface area contributed by atoms with Crippen molar-refractivity contribution in [1.82, 2.24) is 19.8 Å². The number of rotatable bonds is 6. The zero-order valence-electron chi connectivity index (χ0n) is 21.0. The molecule has 1 spiro atoms. The first-order valence-corrected chi connectivity index (χ1v) is 13.2. The number of alkyl halides is 6. The van der Waals surface area contributed by atoms with Gasteiger partial charge in [0.15, 0.2) is 0 Å². The second-order valence-electron chi connectivity index (χ2n) is 9.05. The number of likely N-dealkylation sites (tertiary alicyclic amines) is 2. The molecule has 0 bridgehead atoms. The number of piperidine rings is 1. The fraction of sp³-hybridized carbons (Fsp3) is 0.636. The predicted octanol–water partition coefficient (Wildman–Crippen LogP) is 4.29. The molecule has 0 aliphatic carbocycles. The number of likely N-dealkylation sites (N-methyl/N-ethyl adjacent to an activating group) is 1. The fourth-order valence-corrected chi connectivity index (χ4v) is 5.40. The van der Waals surface area contributed by atoms with Gasteiger partial charge in [-0.3, -0.25) is 9.80 Å². The highest BCUT2D eigenvalue weighted by molar-refractivity contribution is 7.09. The molecule has 1 unspecified atom stereocenters. The molecule has 2 saturated heterocycles. The minimum absolute atomic E-state index is 0.348. The lowest BCUT2D eigenvalue weighted by Gasteiger charge is -2.58. The van der Waals surface area contributed by atoms with Crippen molar-refractivity contribution in [2.45, 2.75) is 50.8 Å². The second kappa shape index (κ2) is 13.8. The van der Waals surface area contributed by atoms with Gasteiger partial charge in [-0.2, -0.15) is 26.3 Å². The first-order chi connectivity index (χ1) is 18.0. The Morgan fingerprint density at radius 2 is 1.72 bits per heavy atom. The molecule has 0 amide bonds. The summed E-state index contributed by atoms with van der Waals surface area (Å²) in [4.78, 5) is 31.8. The van der Waals surface area contributed by atoms with Crippen LogP contribution >= 0.6 is 22.7 Å². The van der Waals surface area contributed by atoms with Crippen molar-refractivity contribution in [2.75, 3.05) is 33.3 Å². The zero-order chi connectivity index (χ0) is 29.4. The van der Waals surface area contributed by atoms with Crippen molar-refractivity contribution in [3.63, 3.8) is 0 Å². The van der Waals surface area contributed by atoms with Crippen LogP contribution in [-0.4, -0.2) is 93.1 Å². The molecular formula is C22H28F6N4O5S2. The number of aliphatic carboxylic acids is 2. The van der Waals surface area contributed by atoms with Crippen molar-refractivity contribution >= 4 is 34.6 Å². The molecule has 0 aromatic carbocycles. The predicted molar refractivity (Wildman–Crippen MR) is 129 cm³/mol. The average molecular weight is 607 g/mol. The summed E-state index contributed by atoms with van der Waals surface area (Å²) in [5.41, 5.74) is 1.42. The summed E-state index contributed by atoms with van der Waals surface area (Å²) in [6.07, 6.45) is -5.78. The molecule has 2 aliphatic heterocycles. The summed E-state index contributed by atoms with van der Waals surface area (Å²) >= 11 is 3.45. The number of carbonyl (C=O) groups is 2. The largest absolute Gasteiger partial charge is 0.490 e. The van der Waals surface area contributed by atoms with Gasteiger partial charge in [-0.05, 0) is 39.3 Å². The van der Waals surface area contributed by atoms with Crippen molar-refractivity contribution < 1.29 is 50.9 Å². The van der Waals surface area contributed by atoms with Gasteiger partial charge >= 0.3 is 24.3 Å². The van der Waals surface area contributed by atoms with E-state index in [9.17, 15) is 26.3 Å². The molecule has 4 heterocycles. The van der Waals surface area contributed by atoms with Crippen molar-refractivity contribution in [2.24, 2.45) is 5.92 Å². The third-order valence-corrected chi connectivity index (χ3v) is 7.57. The molecule has 9 nitrogen and oxygen atoms in total. The number of ether oxygens (including phenoxy) is 1. The van der Waals surface area contributed by atoms with E-state index in [1.54, 1.807) is 22.7 Å². The number of carboxylic acids is 2. The standard InChI is InChI=1S/C18H26N4OS2.2C2HF3O2/c1-14-20-16(11-25-14)10-23-9-15-3-5-21(2)18(7-15)12-22(13-18)8-17-19-4-6-24-17;2*3-2(4,5)1(6)7/h4,6,11,15H,3,5,7-10,12-13H2,1-2H3;2*(H,6,7). The van der Waals surface area contributed by atoms with Gasteiger partial charge in [-0.15, -0.1) is 22.7 Å². The molecule has 4 rings (SSSR count). The van der Waals surface area contributed by atoms with Crippen LogP contribution in [0.4, 0.5) is 26.3 Å². The zero-order valence-corrected chi connectivity index (χ0v) is 22.6. The lowest BCUT2D eigenvalue weighted by atomic mass is 9.75. The van der Waals surface area contributed by atoms with Crippen LogP contribution in [0.2, 0.25) is 0 Å². The van der Waals surface area contributed by atoms with Crippen LogP contribution in [0.5, 0.6) is 0 Å². The highest BCUT2D eigenvalue weighted by Crippen LogP contribution is 2.39. The average Bonchev–Trinajstić information content (AvgIpc) is 3.46. The Morgan fingerprint density at radius 1 is 1.13 bits per heavy atom. The molecule has 0 radical (unpaired) electrons. The van der Waals surface area contributed by atoms with E-state index in [0.717, 1.165) is 36.9 Å². The molecule has 39 heavy (non-hydrogen) atoms. The van der Waals surface area contributed by atoms with Crippen LogP contribution in [0.15, 0.2) is 17.0 Å². The number of halogens is 6. The van der Waals surface area contributed by atoms with E-state index in [0.29, 0.717) is 18.1 Å². The van der Waals surface area contributed by atoms with Crippen LogP contribution in [-0.2, 0) is 27.5 Å². The van der Waals surface area contributed by atoms with Gasteiger partial charge in [-0.1, -0.05) is 0 Å². The molecule has 2 fully saturated rings. The maximum Gasteiger partial charge on any atom is 0.490 e. The fourth-order valence-electron chi connectivity index (χ4n) is 4.15. The van der Waals surface area contributed by atoms with E-state index < -0.39 is 24.3 Å². The number of nitrogens with zero attached hydrogens (tertiary/aromatic N) is 4. The lowest BCUT2D eigenvalue weighted by Crippen LogP contribution is -2.71. The monoisotopic (exact) mass is 606 g/mol. The maximum absolute atomic E-state index is 10.6. The van der Waals surface area contributed by atoms with Gasteiger partial charge in [0.2, 0.25) is 0 Å². The third kappa shape index (κ3) is 10.6. The van der Waals surface area contributed by atoms with Crippen LogP contribution in [0, 0.1) is 12.8 Å². The minimum Gasteiger partial charge on any atom is -0.475 e. The number of aryl methyl sites for hydroxylation is 1. The molecule has 220 valence electrons. The van der Waals surface area contributed by atoms with Gasteiger partial charge in [0.25, 0.3) is 0 Å². The molecule has 2 aromatic heterocycles. The van der Waals surface area contributed by atoms with Crippen LogP contribution in [0.1, 0.15) is 28.6 Å². The highest BCUT2D eigenvalue weighted by atomic mass is 32.1. The van der Waals surface area contributed by atoms with Crippen LogP contribution in [0.3, 0.4) is 0 Å². The molecule has 17 heteroatoms. The third-order valence-electron chi connectivity index (χ3n) is 5.98. The SMILES string of the molecule is Cc1nc(COCC2CCN(C)C3(C2)CN(Cc2nccs2)C3)cs1.O=C(O)C(F)(F)F.O=C(O)C(F)(F)F. The summed E-state index contributed by atoms with van der Waals surface area (Å²) < 4.78 is 69.5. The summed E-state index contributed by atoms with van der Waals surface area (Å²) in [7, 11) is 2.29. The Morgan fingerprint density at radius 3 is 2.18 bits per heavy atom. The minimum atomic E-state index is -5.08. The van der Waals surface area contributed by atoms with E-state index in [-0.39, 0.29) is 0 Å². The summed E-state index contributed by atoms with van der Waals surface area (Å²) in [6.45, 7) is 8.05. The number of aromatic nitrogens is 2. The van der Waals surface area contributed by atoms with Crippen molar-refractivity contribution in [3.8, 4) is 0 Å². The number of carboxylic acid groups (broad SMARTS) is 2. The summed E-state index contributed by atoms with van der Waals surface area (Å²) in [5.74, 6) is -4.85. The van der Waals surface area contributed by atoms with E-state index >= 15 is 0 Å². The molecule has 1 atom stereocenters. The Kier molecular flexibility index (Phi) is 11.7. The lowest BCUT2D eigenvalue weighted by molar-refractivity contribution is -0.193. The van der Waals surface area contributed by atoms with Crippen LogP contribution < -0.4 is 0 Å². The number of hydrogen-bond donors (Lipinski definition) is 2. The van der Waals surface area contributed by atoms with Gasteiger partial charge in [-0.25, -0.2) is 19.6 Å². The Bertz CT molecular complexity index is 1030. The highest BCUT2D eigenvalue weighted by Gasteiger charge is 2.49. The second-order valence-corrected chi connectivity index (χ2v) is 11.1. The summed E-state index contributed by atoms with van der Waals surface area (Å²) in [6, 6.07) is 0. The first-order valence-electron chi connectivity index (χ1n) is 11.4. The number of hydrogen-bond acceptors (Lipinski definition) is 9. The van der Waals surface area contributed by atoms with E-state index in [4.69, 9.17) is 24.5 Å². The van der Waals surface area contributed by atoms with E-state index in [2.05, 4.69) is 37.6 Å².